The molecule has 13 aromatic rings. The van der Waals surface area contributed by atoms with Gasteiger partial charge < -0.3 is 14.1 Å². The summed E-state index contributed by atoms with van der Waals surface area (Å²) in [5.41, 5.74) is 16.5. The molecule has 0 atom stereocenters. The van der Waals surface area contributed by atoms with Crippen LogP contribution in [0.1, 0.15) is 22.3 Å². The Morgan fingerprint density at radius 1 is 0.314 bits per heavy atom. The van der Waals surface area contributed by atoms with Crippen LogP contribution in [0.4, 0.5) is 17.1 Å². The van der Waals surface area contributed by atoms with E-state index in [9.17, 15) is 0 Å². The third-order valence-electron chi connectivity index (χ3n) is 15.1. The Balaban J connectivity index is 0.888. The number of furan rings is 1. The van der Waals surface area contributed by atoms with Crippen LogP contribution >= 0.6 is 0 Å². The number of benzene rings is 12. The zero-order valence-electron chi connectivity index (χ0n) is 37.9. The molecular formula is C67H41NO2. The minimum atomic E-state index is -0.531. The van der Waals surface area contributed by atoms with E-state index in [4.69, 9.17) is 9.15 Å². The number of para-hydroxylation sites is 2. The number of rotatable bonds is 5. The molecule has 15 rings (SSSR count). The first-order valence-electron chi connectivity index (χ1n) is 24.1. The molecule has 3 heteroatoms. The maximum absolute atomic E-state index is 6.79. The highest BCUT2D eigenvalue weighted by atomic mass is 16.5. The smallest absolute Gasteiger partial charge is 0.143 e. The Hall–Kier alpha value is -9.18. The van der Waals surface area contributed by atoms with Crippen LogP contribution in [0.5, 0.6) is 11.5 Å². The first-order chi connectivity index (χ1) is 34.7. The highest BCUT2D eigenvalue weighted by Crippen LogP contribution is 2.63. The molecule has 326 valence electrons. The third kappa shape index (κ3) is 5.52. The van der Waals surface area contributed by atoms with Gasteiger partial charge in [-0.1, -0.05) is 182 Å². The first-order valence-corrected chi connectivity index (χ1v) is 24.1. The lowest BCUT2D eigenvalue weighted by Gasteiger charge is -2.39. The summed E-state index contributed by atoms with van der Waals surface area (Å²) in [7, 11) is 0. The summed E-state index contributed by atoms with van der Waals surface area (Å²) in [6.07, 6.45) is 0. The van der Waals surface area contributed by atoms with Gasteiger partial charge in [0.25, 0.3) is 0 Å². The molecule has 0 bridgehead atoms. The van der Waals surface area contributed by atoms with Gasteiger partial charge in [0.2, 0.25) is 0 Å². The quantitative estimate of drug-likeness (QED) is 0.161. The molecule has 0 N–H and O–H groups in total. The predicted octanol–water partition coefficient (Wildman–Crippen LogP) is 18.3. The van der Waals surface area contributed by atoms with Crippen LogP contribution in [0.3, 0.4) is 0 Å². The molecule has 0 amide bonds. The van der Waals surface area contributed by atoms with E-state index in [-0.39, 0.29) is 0 Å². The van der Waals surface area contributed by atoms with Crippen LogP contribution in [0.15, 0.2) is 253 Å². The van der Waals surface area contributed by atoms with Gasteiger partial charge in [-0.25, -0.2) is 0 Å². The van der Waals surface area contributed by atoms with E-state index in [1.54, 1.807) is 0 Å². The highest BCUT2D eigenvalue weighted by Gasteiger charge is 2.51. The highest BCUT2D eigenvalue weighted by molar-refractivity contribution is 6.16. The van der Waals surface area contributed by atoms with Crippen LogP contribution < -0.4 is 9.64 Å². The largest absolute Gasteiger partial charge is 0.457 e. The maximum Gasteiger partial charge on any atom is 0.143 e. The lowest BCUT2D eigenvalue weighted by molar-refractivity contribution is 0.436. The fraction of sp³-hybridized carbons (Fsp3) is 0.0149. The van der Waals surface area contributed by atoms with Gasteiger partial charge in [-0.15, -0.1) is 0 Å². The van der Waals surface area contributed by atoms with E-state index in [1.165, 1.54) is 65.9 Å². The number of ether oxygens (including phenoxy) is 1. The Morgan fingerprint density at radius 3 is 1.60 bits per heavy atom. The topological polar surface area (TPSA) is 25.6 Å². The van der Waals surface area contributed by atoms with Gasteiger partial charge in [-0.2, -0.15) is 0 Å². The van der Waals surface area contributed by atoms with E-state index in [0.29, 0.717) is 0 Å². The summed E-state index contributed by atoms with van der Waals surface area (Å²) in [5, 5.41) is 9.52. The summed E-state index contributed by atoms with van der Waals surface area (Å²) in [6, 6.07) is 90.4. The average Bonchev–Trinajstić information content (AvgIpc) is 3.95. The van der Waals surface area contributed by atoms with E-state index >= 15 is 0 Å². The van der Waals surface area contributed by atoms with Crippen molar-refractivity contribution in [3.05, 3.63) is 271 Å². The van der Waals surface area contributed by atoms with Crippen molar-refractivity contribution in [1.82, 2.24) is 0 Å². The fourth-order valence-electron chi connectivity index (χ4n) is 12.1. The first kappa shape index (κ1) is 38.9. The predicted molar refractivity (Wildman–Crippen MR) is 289 cm³/mol. The molecule has 1 spiro atoms. The van der Waals surface area contributed by atoms with Crippen molar-refractivity contribution in [3.63, 3.8) is 0 Å². The van der Waals surface area contributed by atoms with Crippen molar-refractivity contribution in [2.24, 2.45) is 0 Å². The van der Waals surface area contributed by atoms with Crippen molar-refractivity contribution in [1.29, 1.82) is 0 Å². The van der Waals surface area contributed by atoms with E-state index in [1.807, 2.05) is 0 Å². The minimum Gasteiger partial charge on any atom is -0.457 e. The molecule has 0 unspecified atom stereocenters. The molecule has 0 radical (unpaired) electrons. The molecular weight excluding hydrogens is 851 g/mol. The van der Waals surface area contributed by atoms with Gasteiger partial charge in [0.1, 0.15) is 22.7 Å². The second-order valence-electron chi connectivity index (χ2n) is 18.7. The van der Waals surface area contributed by atoms with E-state index in [2.05, 4.69) is 254 Å². The summed E-state index contributed by atoms with van der Waals surface area (Å²) in [4.78, 5) is 2.35. The second-order valence-corrected chi connectivity index (χ2v) is 18.7. The van der Waals surface area contributed by atoms with Gasteiger partial charge in [0, 0.05) is 50.4 Å². The molecule has 1 aromatic heterocycles. The van der Waals surface area contributed by atoms with Gasteiger partial charge in [-0.3, -0.25) is 0 Å². The van der Waals surface area contributed by atoms with Crippen LogP contribution in [-0.2, 0) is 5.41 Å². The molecule has 1 aliphatic carbocycles. The summed E-state index contributed by atoms with van der Waals surface area (Å²) in [6.45, 7) is 0. The van der Waals surface area contributed by atoms with Crippen molar-refractivity contribution in [2.75, 3.05) is 4.90 Å². The molecule has 70 heavy (non-hydrogen) atoms. The second kappa shape index (κ2) is 14.9. The van der Waals surface area contributed by atoms with Crippen molar-refractivity contribution in [3.8, 4) is 44.9 Å². The van der Waals surface area contributed by atoms with Gasteiger partial charge in [0.15, 0.2) is 0 Å². The average molecular weight is 892 g/mol. The normalized spacial score (nSPS) is 13.1. The number of hydrogen-bond acceptors (Lipinski definition) is 3. The van der Waals surface area contributed by atoms with Gasteiger partial charge in [-0.05, 0) is 132 Å². The molecule has 0 saturated carbocycles. The zero-order valence-corrected chi connectivity index (χ0v) is 37.9. The lowest BCUT2D eigenvalue weighted by Crippen LogP contribution is -2.32. The molecule has 2 heterocycles. The molecule has 1 aliphatic heterocycles. The summed E-state index contributed by atoms with van der Waals surface area (Å²) >= 11 is 0. The molecule has 12 aromatic carbocycles. The number of nitrogens with zero attached hydrogens (tertiary/aromatic N) is 1. The molecule has 2 aliphatic rings. The SMILES string of the molecule is c1ccc2c(c1)Oc1ccccc1C21c2ccccc2-c2c(-c3ccc(N(c4ccc(-c5cc6ccccc6c6ccccc56)cc4)c4ccc5c(c4)oc4c6ccccc6ccc54)cc3)cccc21. The molecule has 0 fully saturated rings. The Labute approximate surface area is 404 Å². The van der Waals surface area contributed by atoms with Crippen LogP contribution in [-0.4, -0.2) is 0 Å². The third-order valence-corrected chi connectivity index (χ3v) is 15.1. The minimum absolute atomic E-state index is 0.531. The fourth-order valence-corrected chi connectivity index (χ4v) is 12.1. The van der Waals surface area contributed by atoms with Gasteiger partial charge in [0.05, 0.1) is 5.41 Å². The Morgan fingerprint density at radius 2 is 0.857 bits per heavy atom. The molecule has 0 saturated heterocycles. The van der Waals surface area contributed by atoms with Crippen LogP contribution in [0.2, 0.25) is 0 Å². The van der Waals surface area contributed by atoms with Crippen LogP contribution in [0, 0.1) is 0 Å². The van der Waals surface area contributed by atoms with Crippen molar-refractivity contribution < 1.29 is 9.15 Å². The Kier molecular flexibility index (Phi) is 8.28. The standard InChI is InChI=1S/C67H41NO2/c1-4-17-51-42(14-1)32-38-55-54-39-37-48(41-64(54)70-66(51)55)68(47-35-30-44(31-36-47)57-40-45-15-2-3-16-49(45)52-18-5-6-19-53(52)57)46-33-28-43(29-34-46)50-21-13-25-61-65(50)56-20-7-8-22-58(56)67(61)59-23-9-11-26-62(59)69-63-27-12-10-24-60(63)67/h1-41H. The maximum atomic E-state index is 6.79. The van der Waals surface area contributed by atoms with Crippen LogP contribution in [0.25, 0.3) is 87.6 Å². The van der Waals surface area contributed by atoms with Crippen molar-refractivity contribution in [2.45, 2.75) is 5.41 Å². The monoisotopic (exact) mass is 891 g/mol. The Bertz CT molecular complexity index is 4230. The number of fused-ring (bicyclic) bond motifs is 17. The van der Waals surface area contributed by atoms with E-state index < -0.39 is 5.41 Å². The summed E-state index contributed by atoms with van der Waals surface area (Å²) in [5.74, 6) is 1.79. The summed E-state index contributed by atoms with van der Waals surface area (Å²) < 4.78 is 13.4. The number of anilines is 3. The van der Waals surface area contributed by atoms with Crippen molar-refractivity contribution >= 4 is 71.3 Å². The van der Waals surface area contributed by atoms with Gasteiger partial charge >= 0.3 is 0 Å². The number of hydrogen-bond donors (Lipinski definition) is 0. The molecule has 3 nitrogen and oxygen atoms in total. The zero-order chi connectivity index (χ0) is 45.9. The lowest BCUT2D eigenvalue weighted by atomic mass is 9.66. The van der Waals surface area contributed by atoms with E-state index in [0.717, 1.165) is 72.6 Å².